The van der Waals surface area contributed by atoms with E-state index in [4.69, 9.17) is 11.6 Å². The second kappa shape index (κ2) is 12.3. The molecule has 0 aromatic heterocycles. The van der Waals surface area contributed by atoms with Gasteiger partial charge in [0.25, 0.3) is 5.91 Å². The third-order valence-corrected chi connectivity index (χ3v) is 5.77. The molecule has 1 saturated heterocycles. The van der Waals surface area contributed by atoms with E-state index >= 15 is 0 Å². The molecular weight excluding hydrogens is 404 g/mol. The first-order valence-corrected chi connectivity index (χ1v) is 11.5. The molecule has 1 fully saturated rings. The summed E-state index contributed by atoms with van der Waals surface area (Å²) in [7, 11) is 0. The molecule has 1 atom stereocenters. The van der Waals surface area contributed by atoms with Gasteiger partial charge in [-0.3, -0.25) is 4.79 Å². The summed E-state index contributed by atoms with van der Waals surface area (Å²) in [4.78, 5) is 12.9. The van der Waals surface area contributed by atoms with E-state index in [9.17, 15) is 4.79 Å². The lowest BCUT2D eigenvalue weighted by Gasteiger charge is -2.15. The summed E-state index contributed by atoms with van der Waals surface area (Å²) in [5, 5.41) is 6.52. The van der Waals surface area contributed by atoms with E-state index < -0.39 is 0 Å². The van der Waals surface area contributed by atoms with Crippen molar-refractivity contribution in [3.05, 3.63) is 90.5 Å². The standard InChI is InChI=1S/C27H31ClN2O/c1-21(23-11-13-25(14-12-23)24-8-3-2-4-9-24)19-26(10-5-16-28)27(31)30-20-22-7-6-17-29-18-15-22/h2-5,8-14,19,22,29H,1,6-7,15-18,20H2,(H,30,31)/b10-5-,26-19+. The first-order chi connectivity index (χ1) is 15.2. The van der Waals surface area contributed by atoms with Crippen molar-refractivity contribution in [3.8, 4) is 11.1 Å². The Kier molecular flexibility index (Phi) is 9.14. The zero-order chi connectivity index (χ0) is 21.9. The number of carbonyl (C=O) groups is 1. The summed E-state index contributed by atoms with van der Waals surface area (Å²) in [5.74, 6) is 0.795. The minimum Gasteiger partial charge on any atom is -0.352 e. The van der Waals surface area contributed by atoms with Gasteiger partial charge in [0, 0.05) is 18.0 Å². The molecule has 0 spiro atoms. The molecule has 1 heterocycles. The van der Waals surface area contributed by atoms with Gasteiger partial charge >= 0.3 is 0 Å². The summed E-state index contributed by atoms with van der Waals surface area (Å²) in [6, 6.07) is 18.5. The van der Waals surface area contributed by atoms with E-state index in [0.29, 0.717) is 23.9 Å². The summed E-state index contributed by atoms with van der Waals surface area (Å²) in [6.45, 7) is 6.97. The third kappa shape index (κ3) is 7.23. The monoisotopic (exact) mass is 434 g/mol. The second-order valence-electron chi connectivity index (χ2n) is 7.88. The van der Waals surface area contributed by atoms with Gasteiger partial charge in [0.1, 0.15) is 0 Å². The predicted molar refractivity (Wildman–Crippen MR) is 132 cm³/mol. The third-order valence-electron chi connectivity index (χ3n) is 5.59. The van der Waals surface area contributed by atoms with Crippen LogP contribution >= 0.6 is 11.6 Å². The van der Waals surface area contributed by atoms with Crippen LogP contribution in [0.15, 0.2) is 85.0 Å². The van der Waals surface area contributed by atoms with Crippen LogP contribution in [0.25, 0.3) is 16.7 Å². The molecule has 0 radical (unpaired) electrons. The molecule has 1 aliphatic rings. The normalized spacial score (nSPS) is 17.3. The Hall–Kier alpha value is -2.62. The van der Waals surface area contributed by atoms with Crippen LogP contribution in [0.1, 0.15) is 24.8 Å². The van der Waals surface area contributed by atoms with E-state index in [1.165, 1.54) is 5.56 Å². The van der Waals surface area contributed by atoms with Crippen LogP contribution in [-0.2, 0) is 4.79 Å². The fourth-order valence-corrected chi connectivity index (χ4v) is 3.86. The van der Waals surface area contributed by atoms with E-state index in [1.807, 2.05) is 36.4 Å². The smallest absolute Gasteiger partial charge is 0.251 e. The number of amides is 1. The lowest BCUT2D eigenvalue weighted by atomic mass is 9.99. The molecule has 0 saturated carbocycles. The number of benzene rings is 2. The topological polar surface area (TPSA) is 41.1 Å². The van der Waals surface area contributed by atoms with Crippen molar-refractivity contribution in [1.82, 2.24) is 10.6 Å². The highest BCUT2D eigenvalue weighted by atomic mass is 35.5. The number of halogens is 1. The van der Waals surface area contributed by atoms with Crippen molar-refractivity contribution in [2.24, 2.45) is 5.92 Å². The number of allylic oxidation sites excluding steroid dienone is 3. The van der Waals surface area contributed by atoms with Gasteiger partial charge in [-0.1, -0.05) is 73.3 Å². The van der Waals surface area contributed by atoms with Crippen LogP contribution in [0.2, 0.25) is 0 Å². The number of hydrogen-bond donors (Lipinski definition) is 2. The Labute approximate surface area is 190 Å². The van der Waals surface area contributed by atoms with Crippen molar-refractivity contribution < 1.29 is 4.79 Å². The minimum atomic E-state index is -0.0828. The predicted octanol–water partition coefficient (Wildman–Crippen LogP) is 5.59. The molecule has 1 amide bonds. The van der Waals surface area contributed by atoms with E-state index in [1.54, 1.807) is 12.2 Å². The van der Waals surface area contributed by atoms with Crippen molar-refractivity contribution >= 4 is 23.1 Å². The minimum absolute atomic E-state index is 0.0828. The van der Waals surface area contributed by atoms with Gasteiger partial charge in [0.05, 0.1) is 0 Å². The molecule has 162 valence electrons. The Balaban J connectivity index is 1.68. The fraction of sp³-hybridized carbons (Fsp3) is 0.296. The summed E-state index contributed by atoms with van der Waals surface area (Å²) >= 11 is 5.82. The van der Waals surface area contributed by atoms with Gasteiger partial charge in [0.15, 0.2) is 0 Å². The van der Waals surface area contributed by atoms with Crippen molar-refractivity contribution in [2.75, 3.05) is 25.5 Å². The fourth-order valence-electron chi connectivity index (χ4n) is 3.77. The van der Waals surface area contributed by atoms with Crippen LogP contribution in [-0.4, -0.2) is 31.4 Å². The lowest BCUT2D eigenvalue weighted by Crippen LogP contribution is -2.30. The number of carbonyl (C=O) groups excluding carboxylic acids is 1. The van der Waals surface area contributed by atoms with Crippen LogP contribution in [0.4, 0.5) is 0 Å². The maximum absolute atomic E-state index is 12.9. The highest BCUT2D eigenvalue weighted by molar-refractivity contribution is 6.19. The molecule has 3 nitrogen and oxygen atoms in total. The van der Waals surface area contributed by atoms with E-state index in [-0.39, 0.29) is 5.91 Å². The Bertz CT molecular complexity index is 908. The molecule has 0 bridgehead atoms. The van der Waals surface area contributed by atoms with E-state index in [0.717, 1.165) is 49.1 Å². The zero-order valence-electron chi connectivity index (χ0n) is 17.9. The Morgan fingerprint density at radius 3 is 2.55 bits per heavy atom. The molecule has 1 unspecified atom stereocenters. The van der Waals surface area contributed by atoms with Gasteiger partial charge in [0.2, 0.25) is 0 Å². The number of hydrogen-bond acceptors (Lipinski definition) is 2. The Morgan fingerprint density at radius 2 is 1.81 bits per heavy atom. The van der Waals surface area contributed by atoms with Crippen LogP contribution in [0.3, 0.4) is 0 Å². The molecular formula is C27H31ClN2O. The van der Waals surface area contributed by atoms with Gasteiger partial charge in [-0.15, -0.1) is 11.6 Å². The number of alkyl halides is 1. The van der Waals surface area contributed by atoms with Gasteiger partial charge in [-0.2, -0.15) is 0 Å². The maximum atomic E-state index is 12.9. The average Bonchev–Trinajstić information content (AvgIpc) is 3.09. The molecule has 0 aliphatic carbocycles. The zero-order valence-corrected chi connectivity index (χ0v) is 18.7. The first kappa shape index (κ1) is 23.1. The van der Waals surface area contributed by atoms with Crippen LogP contribution in [0, 0.1) is 5.92 Å². The van der Waals surface area contributed by atoms with Gasteiger partial charge < -0.3 is 10.6 Å². The summed E-state index contributed by atoms with van der Waals surface area (Å²) in [6.07, 6.45) is 8.80. The first-order valence-electron chi connectivity index (χ1n) is 11.0. The molecule has 1 aliphatic heterocycles. The number of nitrogens with one attached hydrogen (secondary N) is 2. The molecule has 2 aromatic carbocycles. The van der Waals surface area contributed by atoms with Crippen molar-refractivity contribution in [1.29, 1.82) is 0 Å². The lowest BCUT2D eigenvalue weighted by molar-refractivity contribution is -0.117. The Morgan fingerprint density at radius 1 is 1.06 bits per heavy atom. The maximum Gasteiger partial charge on any atom is 0.251 e. The van der Waals surface area contributed by atoms with Gasteiger partial charge in [-0.25, -0.2) is 0 Å². The molecule has 2 aromatic rings. The molecule has 4 heteroatoms. The van der Waals surface area contributed by atoms with Crippen LogP contribution in [0.5, 0.6) is 0 Å². The highest BCUT2D eigenvalue weighted by Crippen LogP contribution is 2.23. The molecule has 31 heavy (non-hydrogen) atoms. The second-order valence-corrected chi connectivity index (χ2v) is 8.19. The quantitative estimate of drug-likeness (QED) is 0.323. The van der Waals surface area contributed by atoms with Crippen molar-refractivity contribution in [2.45, 2.75) is 19.3 Å². The molecule has 2 N–H and O–H groups in total. The highest BCUT2D eigenvalue weighted by Gasteiger charge is 2.14. The van der Waals surface area contributed by atoms with Crippen molar-refractivity contribution in [3.63, 3.8) is 0 Å². The summed E-state index contributed by atoms with van der Waals surface area (Å²) < 4.78 is 0. The van der Waals surface area contributed by atoms with Crippen LogP contribution < -0.4 is 10.6 Å². The largest absolute Gasteiger partial charge is 0.352 e. The molecule has 3 rings (SSSR count). The SMILES string of the molecule is C=C(/C=C(\C=C/CCl)C(=O)NCC1CCCNCC1)c1ccc(-c2ccccc2)cc1. The van der Waals surface area contributed by atoms with E-state index in [2.05, 4.69) is 41.5 Å². The summed E-state index contributed by atoms with van der Waals surface area (Å²) in [5.41, 5.74) is 4.68. The number of rotatable bonds is 8. The van der Waals surface area contributed by atoms with Gasteiger partial charge in [-0.05, 0) is 66.6 Å². The average molecular weight is 435 g/mol.